The Kier molecular flexibility index (Phi) is 4.42. The molecule has 142 valence electrons. The quantitative estimate of drug-likeness (QED) is 0.686. The van der Waals surface area contributed by atoms with Gasteiger partial charge in [0.25, 0.3) is 5.91 Å². The van der Waals surface area contributed by atoms with Crippen LogP contribution < -0.4 is 10.2 Å². The van der Waals surface area contributed by atoms with Gasteiger partial charge in [0.15, 0.2) is 0 Å². The SMILES string of the molecule is CC(C)(C)C(=O)N1CCc2cc(NC(=O)c3cccc4ccccc34)ccc21. The zero-order valence-electron chi connectivity index (χ0n) is 16.5. The van der Waals surface area contributed by atoms with E-state index >= 15 is 0 Å². The molecule has 4 heteroatoms. The number of fused-ring (bicyclic) bond motifs is 2. The molecule has 0 bridgehead atoms. The van der Waals surface area contributed by atoms with Crippen molar-refractivity contribution >= 4 is 34.0 Å². The van der Waals surface area contributed by atoms with Crippen LogP contribution in [0.4, 0.5) is 11.4 Å². The van der Waals surface area contributed by atoms with E-state index in [-0.39, 0.29) is 11.8 Å². The zero-order valence-corrected chi connectivity index (χ0v) is 16.5. The molecule has 1 N–H and O–H groups in total. The Bertz CT molecular complexity index is 1070. The minimum atomic E-state index is -0.414. The standard InChI is InChI=1S/C24H24N2O2/c1-24(2,3)23(28)26-14-13-17-15-18(11-12-21(17)26)25-22(27)20-10-6-8-16-7-4-5-9-19(16)20/h4-12,15H,13-14H2,1-3H3,(H,25,27). The molecule has 3 aromatic carbocycles. The highest BCUT2D eigenvalue weighted by atomic mass is 16.2. The Hall–Kier alpha value is -3.14. The highest BCUT2D eigenvalue weighted by Gasteiger charge is 2.32. The number of nitrogens with one attached hydrogen (secondary N) is 1. The topological polar surface area (TPSA) is 49.4 Å². The van der Waals surface area contributed by atoms with Crippen LogP contribution in [0.25, 0.3) is 10.8 Å². The number of amides is 2. The second-order valence-electron chi connectivity index (χ2n) is 8.28. The lowest BCUT2D eigenvalue weighted by Crippen LogP contribution is -2.38. The van der Waals surface area contributed by atoms with Gasteiger partial charge in [-0.05, 0) is 47.0 Å². The summed E-state index contributed by atoms with van der Waals surface area (Å²) in [4.78, 5) is 27.4. The van der Waals surface area contributed by atoms with Gasteiger partial charge < -0.3 is 10.2 Å². The number of benzene rings is 3. The second-order valence-corrected chi connectivity index (χ2v) is 8.28. The largest absolute Gasteiger partial charge is 0.322 e. The summed E-state index contributed by atoms with van der Waals surface area (Å²) in [5, 5.41) is 4.99. The summed E-state index contributed by atoms with van der Waals surface area (Å²) in [7, 11) is 0. The van der Waals surface area contributed by atoms with Crippen LogP contribution in [0.5, 0.6) is 0 Å². The summed E-state index contributed by atoms with van der Waals surface area (Å²) in [5.74, 6) is -0.00355. The van der Waals surface area contributed by atoms with Crippen LogP contribution >= 0.6 is 0 Å². The van der Waals surface area contributed by atoms with Crippen LogP contribution in [0, 0.1) is 5.41 Å². The fourth-order valence-electron chi connectivity index (χ4n) is 3.72. The molecule has 0 unspecified atom stereocenters. The average Bonchev–Trinajstić information content (AvgIpc) is 3.09. The molecule has 0 aromatic heterocycles. The lowest BCUT2D eigenvalue weighted by atomic mass is 9.94. The van der Waals surface area contributed by atoms with Crippen molar-refractivity contribution in [3.63, 3.8) is 0 Å². The molecule has 0 radical (unpaired) electrons. The van der Waals surface area contributed by atoms with Gasteiger partial charge in [-0.3, -0.25) is 9.59 Å². The minimum absolute atomic E-state index is 0.124. The third-order valence-corrected chi connectivity index (χ3v) is 5.15. The molecule has 3 aromatic rings. The van der Waals surface area contributed by atoms with Gasteiger partial charge in [-0.1, -0.05) is 57.2 Å². The number of rotatable bonds is 2. The molecule has 28 heavy (non-hydrogen) atoms. The third kappa shape index (κ3) is 3.26. The fourth-order valence-corrected chi connectivity index (χ4v) is 3.72. The first-order valence-corrected chi connectivity index (χ1v) is 9.58. The number of hydrogen-bond donors (Lipinski definition) is 1. The Balaban J connectivity index is 1.59. The summed E-state index contributed by atoms with van der Waals surface area (Å²) in [6, 6.07) is 19.4. The highest BCUT2D eigenvalue weighted by molar-refractivity contribution is 6.13. The van der Waals surface area contributed by atoms with Crippen molar-refractivity contribution in [2.24, 2.45) is 5.41 Å². The van der Waals surface area contributed by atoms with Gasteiger partial charge in [0, 0.05) is 28.9 Å². The molecule has 0 saturated heterocycles. The van der Waals surface area contributed by atoms with E-state index in [2.05, 4.69) is 5.32 Å². The van der Waals surface area contributed by atoms with E-state index in [0.717, 1.165) is 34.1 Å². The van der Waals surface area contributed by atoms with Crippen molar-refractivity contribution in [2.75, 3.05) is 16.8 Å². The maximum Gasteiger partial charge on any atom is 0.256 e. The molecule has 2 amide bonds. The summed E-state index contributed by atoms with van der Waals surface area (Å²) < 4.78 is 0. The molecule has 0 fully saturated rings. The van der Waals surface area contributed by atoms with Crippen molar-refractivity contribution < 1.29 is 9.59 Å². The third-order valence-electron chi connectivity index (χ3n) is 5.15. The van der Waals surface area contributed by atoms with Gasteiger partial charge >= 0.3 is 0 Å². The van der Waals surface area contributed by atoms with Gasteiger partial charge in [-0.2, -0.15) is 0 Å². The Morgan fingerprint density at radius 1 is 0.964 bits per heavy atom. The number of hydrogen-bond acceptors (Lipinski definition) is 2. The monoisotopic (exact) mass is 372 g/mol. The molecule has 0 atom stereocenters. The number of anilines is 2. The van der Waals surface area contributed by atoms with Crippen molar-refractivity contribution in [1.29, 1.82) is 0 Å². The number of carbonyl (C=O) groups excluding carboxylic acids is 2. The predicted molar refractivity (Wildman–Crippen MR) is 114 cm³/mol. The predicted octanol–water partition coefficient (Wildman–Crippen LogP) is 5.03. The lowest BCUT2D eigenvalue weighted by molar-refractivity contribution is -0.125. The van der Waals surface area contributed by atoms with Gasteiger partial charge in [-0.25, -0.2) is 0 Å². The van der Waals surface area contributed by atoms with E-state index in [1.54, 1.807) is 0 Å². The van der Waals surface area contributed by atoms with E-state index in [1.807, 2.05) is 86.3 Å². The Labute approximate surface area is 165 Å². The van der Waals surface area contributed by atoms with Gasteiger partial charge in [0.1, 0.15) is 0 Å². The first-order chi connectivity index (χ1) is 13.3. The molecule has 1 aliphatic rings. The van der Waals surface area contributed by atoms with E-state index < -0.39 is 5.41 Å². The summed E-state index contributed by atoms with van der Waals surface area (Å²) in [5.41, 5.74) is 3.03. The van der Waals surface area contributed by atoms with Crippen LogP contribution in [0.2, 0.25) is 0 Å². The second kappa shape index (κ2) is 6.79. The van der Waals surface area contributed by atoms with E-state index in [4.69, 9.17) is 0 Å². The summed E-state index contributed by atoms with van der Waals surface area (Å²) >= 11 is 0. The van der Waals surface area contributed by atoms with Crippen LogP contribution in [0.1, 0.15) is 36.7 Å². The van der Waals surface area contributed by atoms with Crippen LogP contribution in [0.3, 0.4) is 0 Å². The van der Waals surface area contributed by atoms with Crippen molar-refractivity contribution in [1.82, 2.24) is 0 Å². The molecule has 1 aliphatic heterocycles. The fraction of sp³-hybridized carbons (Fsp3) is 0.250. The van der Waals surface area contributed by atoms with Crippen molar-refractivity contribution in [2.45, 2.75) is 27.2 Å². The summed E-state index contributed by atoms with van der Waals surface area (Å²) in [6.07, 6.45) is 0.801. The molecule has 4 rings (SSSR count). The molecule has 0 saturated carbocycles. The van der Waals surface area contributed by atoms with E-state index in [9.17, 15) is 9.59 Å². The molecule has 0 spiro atoms. The Morgan fingerprint density at radius 2 is 1.71 bits per heavy atom. The van der Waals surface area contributed by atoms with Gasteiger partial charge in [-0.15, -0.1) is 0 Å². The van der Waals surface area contributed by atoms with E-state index in [1.165, 1.54) is 0 Å². The zero-order chi connectivity index (χ0) is 19.9. The van der Waals surface area contributed by atoms with Crippen LogP contribution in [-0.4, -0.2) is 18.4 Å². The van der Waals surface area contributed by atoms with E-state index in [0.29, 0.717) is 12.1 Å². The molecular formula is C24H24N2O2. The smallest absolute Gasteiger partial charge is 0.256 e. The maximum atomic E-state index is 12.9. The Morgan fingerprint density at radius 3 is 2.50 bits per heavy atom. The number of nitrogens with zero attached hydrogens (tertiary/aromatic N) is 1. The average molecular weight is 372 g/mol. The van der Waals surface area contributed by atoms with Crippen LogP contribution in [-0.2, 0) is 11.2 Å². The van der Waals surface area contributed by atoms with Crippen molar-refractivity contribution in [3.05, 3.63) is 71.8 Å². The minimum Gasteiger partial charge on any atom is -0.322 e. The first kappa shape index (κ1) is 18.2. The van der Waals surface area contributed by atoms with Gasteiger partial charge in [0.2, 0.25) is 5.91 Å². The normalized spacial score (nSPS) is 13.5. The molecule has 4 nitrogen and oxygen atoms in total. The molecular weight excluding hydrogens is 348 g/mol. The maximum absolute atomic E-state index is 12.9. The first-order valence-electron chi connectivity index (χ1n) is 9.58. The molecule has 1 heterocycles. The molecule has 0 aliphatic carbocycles. The van der Waals surface area contributed by atoms with Crippen molar-refractivity contribution in [3.8, 4) is 0 Å². The lowest BCUT2D eigenvalue weighted by Gasteiger charge is -2.26. The van der Waals surface area contributed by atoms with Gasteiger partial charge in [0.05, 0.1) is 0 Å². The highest BCUT2D eigenvalue weighted by Crippen LogP contribution is 2.34. The number of carbonyl (C=O) groups is 2. The van der Waals surface area contributed by atoms with Crippen LogP contribution in [0.15, 0.2) is 60.7 Å². The summed E-state index contributed by atoms with van der Waals surface area (Å²) in [6.45, 7) is 6.50.